The molecule has 0 aromatic heterocycles. The van der Waals surface area contributed by atoms with Crippen LogP contribution in [-0.4, -0.2) is 49.1 Å². The standard InChI is InChI=1S/C23H20ClNO8S/c1-3-30-21(26)11-31-16-5-4-13(6-17(16)29-2)7-20-22(27)25(23(28)34-20)10-14-8-18-19(9-15(14)24)33-12-32-18/h4-9H,3,10-12H2,1-2H3/b20-7-. The zero-order valence-corrected chi connectivity index (χ0v) is 19.9. The lowest BCUT2D eigenvalue weighted by molar-refractivity contribution is -0.145. The van der Waals surface area contributed by atoms with Gasteiger partial charge in [-0.3, -0.25) is 14.5 Å². The molecule has 0 spiro atoms. The molecule has 2 aliphatic heterocycles. The summed E-state index contributed by atoms with van der Waals surface area (Å²) < 4.78 is 26.3. The first-order valence-corrected chi connectivity index (χ1v) is 11.4. The van der Waals surface area contributed by atoms with Gasteiger partial charge >= 0.3 is 5.97 Å². The summed E-state index contributed by atoms with van der Waals surface area (Å²) in [6, 6.07) is 8.21. The van der Waals surface area contributed by atoms with Crippen molar-refractivity contribution in [3.63, 3.8) is 0 Å². The molecule has 0 saturated carbocycles. The normalized spacial score (nSPS) is 15.7. The number of imide groups is 1. The van der Waals surface area contributed by atoms with Crippen LogP contribution in [0.25, 0.3) is 6.08 Å². The highest BCUT2D eigenvalue weighted by atomic mass is 35.5. The molecule has 2 aromatic rings. The summed E-state index contributed by atoms with van der Waals surface area (Å²) in [4.78, 5) is 38.4. The van der Waals surface area contributed by atoms with Crippen LogP contribution >= 0.6 is 23.4 Å². The number of benzene rings is 2. The third kappa shape index (κ3) is 5.07. The monoisotopic (exact) mass is 505 g/mol. The van der Waals surface area contributed by atoms with Gasteiger partial charge in [0.1, 0.15) is 0 Å². The smallest absolute Gasteiger partial charge is 0.344 e. The second-order valence-electron chi connectivity index (χ2n) is 7.07. The average Bonchev–Trinajstić information content (AvgIpc) is 3.37. The first kappa shape index (κ1) is 23.8. The van der Waals surface area contributed by atoms with E-state index in [-0.39, 0.29) is 31.5 Å². The van der Waals surface area contributed by atoms with Crippen molar-refractivity contribution in [1.29, 1.82) is 0 Å². The molecule has 1 saturated heterocycles. The van der Waals surface area contributed by atoms with Gasteiger partial charge in [-0.2, -0.15) is 0 Å². The highest BCUT2D eigenvalue weighted by Crippen LogP contribution is 2.39. The predicted molar refractivity (Wildman–Crippen MR) is 124 cm³/mol. The average molecular weight is 506 g/mol. The molecule has 1 fully saturated rings. The molecule has 178 valence electrons. The maximum absolute atomic E-state index is 12.9. The van der Waals surface area contributed by atoms with Crippen LogP contribution in [0.4, 0.5) is 4.79 Å². The van der Waals surface area contributed by atoms with E-state index in [4.69, 9.17) is 35.3 Å². The van der Waals surface area contributed by atoms with Crippen LogP contribution in [0, 0.1) is 0 Å². The lowest BCUT2D eigenvalue weighted by Crippen LogP contribution is -2.27. The topological polar surface area (TPSA) is 101 Å². The van der Waals surface area contributed by atoms with Gasteiger partial charge < -0.3 is 23.7 Å². The molecule has 2 amide bonds. The van der Waals surface area contributed by atoms with E-state index in [2.05, 4.69) is 0 Å². The van der Waals surface area contributed by atoms with Gasteiger partial charge in [0.25, 0.3) is 11.1 Å². The largest absolute Gasteiger partial charge is 0.493 e. The van der Waals surface area contributed by atoms with Gasteiger partial charge in [0.2, 0.25) is 6.79 Å². The fourth-order valence-corrected chi connectivity index (χ4v) is 4.32. The van der Waals surface area contributed by atoms with Gasteiger partial charge in [-0.25, -0.2) is 4.79 Å². The van der Waals surface area contributed by atoms with E-state index in [0.717, 1.165) is 16.7 Å². The summed E-state index contributed by atoms with van der Waals surface area (Å²) >= 11 is 7.13. The Morgan fingerprint density at radius 2 is 1.94 bits per heavy atom. The molecule has 2 heterocycles. The number of rotatable bonds is 8. The van der Waals surface area contributed by atoms with E-state index in [9.17, 15) is 14.4 Å². The van der Waals surface area contributed by atoms with Gasteiger partial charge in [0.15, 0.2) is 29.6 Å². The number of hydrogen-bond acceptors (Lipinski definition) is 9. The fourth-order valence-electron chi connectivity index (χ4n) is 3.27. The van der Waals surface area contributed by atoms with Crippen molar-refractivity contribution in [1.82, 2.24) is 4.90 Å². The first-order chi connectivity index (χ1) is 16.4. The van der Waals surface area contributed by atoms with Crippen LogP contribution in [0.2, 0.25) is 5.02 Å². The lowest BCUT2D eigenvalue weighted by atomic mass is 10.1. The summed E-state index contributed by atoms with van der Waals surface area (Å²) in [6.07, 6.45) is 1.59. The van der Waals surface area contributed by atoms with Crippen molar-refractivity contribution in [3.05, 3.63) is 51.4 Å². The third-order valence-electron chi connectivity index (χ3n) is 4.88. The minimum Gasteiger partial charge on any atom is -0.493 e. The lowest BCUT2D eigenvalue weighted by Gasteiger charge is -2.14. The zero-order valence-electron chi connectivity index (χ0n) is 18.3. The van der Waals surface area contributed by atoms with E-state index >= 15 is 0 Å². The highest BCUT2D eigenvalue weighted by Gasteiger charge is 2.35. The molecule has 0 aliphatic carbocycles. The van der Waals surface area contributed by atoms with E-state index in [1.54, 1.807) is 43.3 Å². The summed E-state index contributed by atoms with van der Waals surface area (Å²) in [7, 11) is 1.46. The number of halogens is 1. The number of thioether (sulfide) groups is 1. The molecule has 0 N–H and O–H groups in total. The summed E-state index contributed by atoms with van der Waals surface area (Å²) in [5.41, 5.74) is 1.19. The van der Waals surface area contributed by atoms with Gasteiger partial charge in [0.05, 0.1) is 25.2 Å². The summed E-state index contributed by atoms with van der Waals surface area (Å²) in [6.45, 7) is 1.80. The molecule has 0 atom stereocenters. The highest BCUT2D eigenvalue weighted by molar-refractivity contribution is 8.18. The van der Waals surface area contributed by atoms with Crippen LogP contribution in [0.3, 0.4) is 0 Å². The number of nitrogens with zero attached hydrogens (tertiary/aromatic N) is 1. The number of amides is 2. The minimum absolute atomic E-state index is 0.00143. The maximum atomic E-state index is 12.9. The van der Waals surface area contributed by atoms with E-state index < -0.39 is 17.1 Å². The SMILES string of the molecule is CCOC(=O)COc1ccc(/C=C2\SC(=O)N(Cc3cc4c(cc3Cl)OCO4)C2=O)cc1OC. The van der Waals surface area contributed by atoms with Crippen LogP contribution in [0.1, 0.15) is 18.1 Å². The van der Waals surface area contributed by atoms with Crippen LogP contribution < -0.4 is 18.9 Å². The first-order valence-electron chi connectivity index (χ1n) is 10.2. The van der Waals surface area contributed by atoms with Crippen LogP contribution in [-0.2, 0) is 20.9 Å². The number of methoxy groups -OCH3 is 1. The Labute approximate surface area is 204 Å². The molecule has 11 heteroatoms. The molecule has 9 nitrogen and oxygen atoms in total. The van der Waals surface area contributed by atoms with Crippen molar-refractivity contribution in [3.8, 4) is 23.0 Å². The molecule has 2 aromatic carbocycles. The molecule has 0 radical (unpaired) electrons. The second-order valence-corrected chi connectivity index (χ2v) is 8.47. The van der Waals surface area contributed by atoms with Crippen LogP contribution in [0.15, 0.2) is 35.2 Å². The van der Waals surface area contributed by atoms with E-state index in [1.807, 2.05) is 0 Å². The molecule has 34 heavy (non-hydrogen) atoms. The number of ether oxygens (including phenoxy) is 5. The van der Waals surface area contributed by atoms with E-state index in [1.165, 1.54) is 7.11 Å². The molecule has 4 rings (SSSR count). The Bertz CT molecular complexity index is 1180. The van der Waals surface area contributed by atoms with Gasteiger partial charge in [0, 0.05) is 11.1 Å². The molecule has 0 unspecified atom stereocenters. The molecule has 0 bridgehead atoms. The number of carbonyl (C=O) groups is 3. The van der Waals surface area contributed by atoms with Crippen molar-refractivity contribution in [2.24, 2.45) is 0 Å². The Morgan fingerprint density at radius 3 is 2.68 bits per heavy atom. The Balaban J connectivity index is 1.49. The number of carbonyl (C=O) groups excluding carboxylic acids is 3. The molecule has 2 aliphatic rings. The second kappa shape index (κ2) is 10.3. The Kier molecular flexibility index (Phi) is 7.18. The van der Waals surface area contributed by atoms with Gasteiger partial charge in [-0.1, -0.05) is 17.7 Å². The zero-order chi connectivity index (χ0) is 24.2. The predicted octanol–water partition coefficient (Wildman–Crippen LogP) is 4.26. The Morgan fingerprint density at radius 1 is 1.18 bits per heavy atom. The number of hydrogen-bond donors (Lipinski definition) is 0. The quantitative estimate of drug-likeness (QED) is 0.385. The van der Waals surface area contributed by atoms with Crippen molar-refractivity contribution < 1.29 is 38.1 Å². The minimum atomic E-state index is -0.495. The maximum Gasteiger partial charge on any atom is 0.344 e. The molecular weight excluding hydrogens is 486 g/mol. The van der Waals surface area contributed by atoms with Crippen molar-refractivity contribution in [2.75, 3.05) is 27.1 Å². The number of fused-ring (bicyclic) bond motifs is 1. The Hall–Kier alpha value is -3.37. The molecular formula is C23H20ClNO8S. The van der Waals surface area contributed by atoms with Crippen molar-refractivity contribution in [2.45, 2.75) is 13.5 Å². The van der Waals surface area contributed by atoms with Gasteiger partial charge in [-0.15, -0.1) is 0 Å². The van der Waals surface area contributed by atoms with E-state index in [0.29, 0.717) is 39.1 Å². The summed E-state index contributed by atoms with van der Waals surface area (Å²) in [5, 5.41) is -0.0400. The fraction of sp³-hybridized carbons (Fsp3) is 0.261. The summed E-state index contributed by atoms with van der Waals surface area (Å²) in [5.74, 6) is 0.809. The third-order valence-corrected chi connectivity index (χ3v) is 6.14. The van der Waals surface area contributed by atoms with Crippen molar-refractivity contribution >= 4 is 46.6 Å². The van der Waals surface area contributed by atoms with Crippen LogP contribution in [0.5, 0.6) is 23.0 Å². The van der Waals surface area contributed by atoms with Gasteiger partial charge in [-0.05, 0) is 54.1 Å². The number of esters is 1.